The monoisotopic (exact) mass is 154 g/mol. The average molecular weight is 154 g/mol. The average Bonchev–Trinajstić information content (AvgIpc) is 1.84. The molecule has 1 aliphatic rings. The van der Waals surface area contributed by atoms with Crippen molar-refractivity contribution in [3.63, 3.8) is 0 Å². The Hall–Kier alpha value is -0.520. The molecule has 1 rings (SSSR count). The van der Waals surface area contributed by atoms with E-state index in [-0.39, 0.29) is 12.2 Å². The van der Waals surface area contributed by atoms with Gasteiger partial charge in [0.25, 0.3) is 0 Å². The molecule has 0 aromatic heterocycles. The molecule has 1 N–H and O–H groups in total. The number of hydrogen-bond acceptors (Lipinski definition) is 2. The third kappa shape index (κ3) is 1.95. The topological polar surface area (TPSA) is 29.5 Å². The van der Waals surface area contributed by atoms with Gasteiger partial charge in [0.2, 0.25) is 0 Å². The van der Waals surface area contributed by atoms with Crippen molar-refractivity contribution in [1.82, 2.24) is 0 Å². The first-order chi connectivity index (χ1) is 5.06. The molecule has 62 valence electrons. The SMILES string of the molecule is C#CC1(O)C[C@@H](C)O[C@H](C)C1. The van der Waals surface area contributed by atoms with Gasteiger partial charge in [0.15, 0.2) is 0 Å². The van der Waals surface area contributed by atoms with Gasteiger partial charge in [-0.05, 0) is 13.8 Å². The van der Waals surface area contributed by atoms with Gasteiger partial charge in [-0.25, -0.2) is 0 Å². The van der Waals surface area contributed by atoms with Crippen LogP contribution >= 0.6 is 0 Å². The van der Waals surface area contributed by atoms with E-state index in [0.29, 0.717) is 12.8 Å². The number of hydrogen-bond donors (Lipinski definition) is 1. The molecular formula is C9H14O2. The molecule has 0 unspecified atom stereocenters. The second-order valence-electron chi connectivity index (χ2n) is 3.34. The molecule has 2 heteroatoms. The third-order valence-corrected chi connectivity index (χ3v) is 1.98. The van der Waals surface area contributed by atoms with Crippen LogP contribution in [0, 0.1) is 12.3 Å². The minimum absolute atomic E-state index is 0.0693. The van der Waals surface area contributed by atoms with E-state index < -0.39 is 5.60 Å². The lowest BCUT2D eigenvalue weighted by atomic mass is 9.89. The van der Waals surface area contributed by atoms with Crippen LogP contribution in [0.1, 0.15) is 26.7 Å². The second kappa shape index (κ2) is 2.84. The van der Waals surface area contributed by atoms with Gasteiger partial charge in [-0.2, -0.15) is 0 Å². The third-order valence-electron chi connectivity index (χ3n) is 1.98. The fraction of sp³-hybridized carbons (Fsp3) is 0.778. The van der Waals surface area contributed by atoms with Crippen molar-refractivity contribution in [2.75, 3.05) is 0 Å². The molecule has 1 heterocycles. The first kappa shape index (κ1) is 8.58. The number of rotatable bonds is 0. The van der Waals surface area contributed by atoms with Crippen LogP contribution in [0.25, 0.3) is 0 Å². The van der Waals surface area contributed by atoms with Crippen LogP contribution in [-0.2, 0) is 4.74 Å². The lowest BCUT2D eigenvalue weighted by molar-refractivity contribution is -0.106. The maximum atomic E-state index is 9.70. The Morgan fingerprint density at radius 2 is 1.91 bits per heavy atom. The molecule has 0 aromatic carbocycles. The summed E-state index contributed by atoms with van der Waals surface area (Å²) in [5.74, 6) is 2.42. The fourth-order valence-corrected chi connectivity index (χ4v) is 1.65. The van der Waals surface area contributed by atoms with Crippen LogP contribution in [0.4, 0.5) is 0 Å². The van der Waals surface area contributed by atoms with E-state index in [4.69, 9.17) is 11.2 Å². The van der Waals surface area contributed by atoms with Crippen molar-refractivity contribution in [2.24, 2.45) is 0 Å². The largest absolute Gasteiger partial charge is 0.377 e. The van der Waals surface area contributed by atoms with Gasteiger partial charge in [-0.1, -0.05) is 5.92 Å². The Morgan fingerprint density at radius 1 is 1.45 bits per heavy atom. The predicted octanol–water partition coefficient (Wildman–Crippen LogP) is 0.938. The Balaban J connectivity index is 2.64. The zero-order valence-corrected chi connectivity index (χ0v) is 7.00. The minimum atomic E-state index is -0.933. The van der Waals surface area contributed by atoms with Gasteiger partial charge in [0.1, 0.15) is 5.60 Å². The predicted molar refractivity (Wildman–Crippen MR) is 43.0 cm³/mol. The molecule has 1 saturated heterocycles. The van der Waals surface area contributed by atoms with Crippen molar-refractivity contribution in [2.45, 2.75) is 44.5 Å². The normalized spacial score (nSPS) is 44.9. The zero-order valence-electron chi connectivity index (χ0n) is 7.00. The number of ether oxygens (including phenoxy) is 1. The summed E-state index contributed by atoms with van der Waals surface area (Å²) in [6.45, 7) is 3.86. The highest BCUT2D eigenvalue weighted by atomic mass is 16.5. The van der Waals surface area contributed by atoms with Crippen molar-refractivity contribution < 1.29 is 9.84 Å². The van der Waals surface area contributed by atoms with Crippen molar-refractivity contribution >= 4 is 0 Å². The summed E-state index contributed by atoms with van der Waals surface area (Å²) in [5, 5.41) is 9.70. The molecule has 1 fully saturated rings. The van der Waals surface area contributed by atoms with Crippen LogP contribution in [-0.4, -0.2) is 22.9 Å². The van der Waals surface area contributed by atoms with Crippen LogP contribution in [0.5, 0.6) is 0 Å². The van der Waals surface area contributed by atoms with Crippen molar-refractivity contribution in [3.05, 3.63) is 0 Å². The van der Waals surface area contributed by atoms with E-state index in [9.17, 15) is 5.11 Å². The van der Waals surface area contributed by atoms with E-state index in [1.807, 2.05) is 13.8 Å². The number of aliphatic hydroxyl groups is 1. The zero-order chi connectivity index (χ0) is 8.48. The maximum absolute atomic E-state index is 9.70. The van der Waals surface area contributed by atoms with E-state index in [2.05, 4.69) is 5.92 Å². The summed E-state index contributed by atoms with van der Waals surface area (Å²) in [4.78, 5) is 0. The van der Waals surface area contributed by atoms with Crippen LogP contribution < -0.4 is 0 Å². The van der Waals surface area contributed by atoms with Crippen LogP contribution in [0.15, 0.2) is 0 Å². The van der Waals surface area contributed by atoms with Gasteiger partial charge in [0.05, 0.1) is 12.2 Å². The van der Waals surface area contributed by atoms with E-state index in [1.165, 1.54) is 0 Å². The molecule has 0 spiro atoms. The molecule has 0 amide bonds. The highest BCUT2D eigenvalue weighted by Gasteiger charge is 2.34. The molecule has 11 heavy (non-hydrogen) atoms. The summed E-state index contributed by atoms with van der Waals surface area (Å²) in [5.41, 5.74) is -0.933. The van der Waals surface area contributed by atoms with Crippen LogP contribution in [0.2, 0.25) is 0 Å². The first-order valence-corrected chi connectivity index (χ1v) is 3.91. The smallest absolute Gasteiger partial charge is 0.130 e. The Labute approximate surface area is 67.6 Å². The quantitative estimate of drug-likeness (QED) is 0.526. The molecule has 0 saturated carbocycles. The van der Waals surface area contributed by atoms with Crippen molar-refractivity contribution in [3.8, 4) is 12.3 Å². The lowest BCUT2D eigenvalue weighted by Crippen LogP contribution is -2.42. The Bertz CT molecular complexity index is 170. The number of terminal acetylenes is 1. The van der Waals surface area contributed by atoms with Gasteiger partial charge in [0, 0.05) is 12.8 Å². The van der Waals surface area contributed by atoms with Gasteiger partial charge < -0.3 is 9.84 Å². The second-order valence-corrected chi connectivity index (χ2v) is 3.34. The fourth-order valence-electron chi connectivity index (χ4n) is 1.65. The van der Waals surface area contributed by atoms with Gasteiger partial charge in [-0.3, -0.25) is 0 Å². The summed E-state index contributed by atoms with van der Waals surface area (Å²) in [6, 6.07) is 0. The van der Waals surface area contributed by atoms with E-state index in [1.54, 1.807) is 0 Å². The van der Waals surface area contributed by atoms with E-state index in [0.717, 1.165) is 0 Å². The van der Waals surface area contributed by atoms with Gasteiger partial charge >= 0.3 is 0 Å². The van der Waals surface area contributed by atoms with Crippen LogP contribution in [0.3, 0.4) is 0 Å². The molecule has 0 aliphatic carbocycles. The molecule has 0 bridgehead atoms. The minimum Gasteiger partial charge on any atom is -0.377 e. The standard InChI is InChI=1S/C9H14O2/c1-4-9(10)5-7(2)11-8(3)6-9/h1,7-8,10H,5-6H2,2-3H3/t7-,8-/m1/s1. The van der Waals surface area contributed by atoms with E-state index >= 15 is 0 Å². The van der Waals surface area contributed by atoms with Gasteiger partial charge in [-0.15, -0.1) is 6.42 Å². The highest BCUT2D eigenvalue weighted by Crippen LogP contribution is 2.27. The Kier molecular flexibility index (Phi) is 2.22. The molecule has 0 aromatic rings. The molecule has 2 atom stereocenters. The maximum Gasteiger partial charge on any atom is 0.130 e. The summed E-state index contributed by atoms with van der Waals surface area (Å²) in [6.07, 6.45) is 6.44. The molecular weight excluding hydrogens is 140 g/mol. The lowest BCUT2D eigenvalue weighted by Gasteiger charge is -2.35. The van der Waals surface area contributed by atoms with Crippen molar-refractivity contribution in [1.29, 1.82) is 0 Å². The first-order valence-electron chi connectivity index (χ1n) is 3.91. The summed E-state index contributed by atoms with van der Waals surface area (Å²) >= 11 is 0. The highest BCUT2D eigenvalue weighted by molar-refractivity contribution is 5.10. The molecule has 2 nitrogen and oxygen atoms in total. The molecule has 1 aliphatic heterocycles. The summed E-state index contributed by atoms with van der Waals surface area (Å²) in [7, 11) is 0. The summed E-state index contributed by atoms with van der Waals surface area (Å²) < 4.78 is 5.43. The molecule has 0 radical (unpaired) electrons. The Morgan fingerprint density at radius 3 is 2.27 bits per heavy atom.